The standard InChI is InChI=1S/C11H19NO/c1-6-8(2)9-7-13-10(12-9)11(3,4)5/h7-8H,6H2,1-5H3. The van der Waals surface area contributed by atoms with Gasteiger partial charge in [-0.1, -0.05) is 34.6 Å². The Morgan fingerprint density at radius 2 is 2.08 bits per heavy atom. The van der Waals surface area contributed by atoms with Crippen LogP contribution < -0.4 is 0 Å². The number of aromatic nitrogens is 1. The summed E-state index contributed by atoms with van der Waals surface area (Å²) < 4.78 is 5.44. The number of rotatable bonds is 2. The van der Waals surface area contributed by atoms with Crippen molar-refractivity contribution >= 4 is 0 Å². The van der Waals surface area contributed by atoms with Gasteiger partial charge in [0.1, 0.15) is 6.26 Å². The van der Waals surface area contributed by atoms with Crippen LogP contribution in [-0.4, -0.2) is 4.98 Å². The molecule has 1 rings (SSSR count). The van der Waals surface area contributed by atoms with Crippen LogP contribution in [0.4, 0.5) is 0 Å². The molecule has 0 saturated carbocycles. The van der Waals surface area contributed by atoms with E-state index in [1.165, 1.54) is 0 Å². The Kier molecular flexibility index (Phi) is 2.79. The van der Waals surface area contributed by atoms with E-state index in [1.54, 1.807) is 6.26 Å². The van der Waals surface area contributed by atoms with E-state index in [9.17, 15) is 0 Å². The Morgan fingerprint density at radius 1 is 1.46 bits per heavy atom. The number of hydrogen-bond donors (Lipinski definition) is 0. The van der Waals surface area contributed by atoms with Gasteiger partial charge in [0.05, 0.1) is 5.69 Å². The molecule has 0 saturated heterocycles. The Bertz CT molecular complexity index is 270. The third-order valence-corrected chi connectivity index (χ3v) is 2.28. The molecule has 0 fully saturated rings. The number of hydrogen-bond acceptors (Lipinski definition) is 2. The van der Waals surface area contributed by atoms with Gasteiger partial charge in [0.15, 0.2) is 5.89 Å². The first kappa shape index (κ1) is 10.3. The topological polar surface area (TPSA) is 26.0 Å². The van der Waals surface area contributed by atoms with Crippen LogP contribution in [0.15, 0.2) is 10.7 Å². The fourth-order valence-corrected chi connectivity index (χ4v) is 1.07. The maximum Gasteiger partial charge on any atom is 0.199 e. The van der Waals surface area contributed by atoms with Gasteiger partial charge in [-0.05, 0) is 6.42 Å². The predicted molar refractivity (Wildman–Crippen MR) is 53.9 cm³/mol. The second-order valence-corrected chi connectivity index (χ2v) is 4.64. The van der Waals surface area contributed by atoms with Crippen LogP contribution in [0.3, 0.4) is 0 Å². The lowest BCUT2D eigenvalue weighted by molar-refractivity contribution is 0.392. The minimum absolute atomic E-state index is 0.0196. The van der Waals surface area contributed by atoms with Crippen molar-refractivity contribution in [3.63, 3.8) is 0 Å². The van der Waals surface area contributed by atoms with Gasteiger partial charge >= 0.3 is 0 Å². The Hall–Kier alpha value is -0.790. The second-order valence-electron chi connectivity index (χ2n) is 4.64. The highest BCUT2D eigenvalue weighted by Gasteiger charge is 2.21. The lowest BCUT2D eigenvalue weighted by atomic mass is 9.97. The molecule has 13 heavy (non-hydrogen) atoms. The van der Waals surface area contributed by atoms with Crippen LogP contribution in [0.1, 0.15) is 58.5 Å². The molecule has 0 aliphatic heterocycles. The maximum absolute atomic E-state index is 5.44. The third-order valence-electron chi connectivity index (χ3n) is 2.28. The zero-order valence-electron chi connectivity index (χ0n) is 9.22. The molecule has 1 heterocycles. The highest BCUT2D eigenvalue weighted by Crippen LogP contribution is 2.24. The minimum atomic E-state index is 0.0196. The molecule has 1 unspecified atom stereocenters. The van der Waals surface area contributed by atoms with Crippen LogP contribution in [-0.2, 0) is 5.41 Å². The van der Waals surface area contributed by atoms with Gasteiger partial charge in [-0.2, -0.15) is 0 Å². The maximum atomic E-state index is 5.44. The zero-order chi connectivity index (χ0) is 10.1. The first-order valence-electron chi connectivity index (χ1n) is 4.91. The summed E-state index contributed by atoms with van der Waals surface area (Å²) in [5, 5.41) is 0. The summed E-state index contributed by atoms with van der Waals surface area (Å²) in [6, 6.07) is 0. The van der Waals surface area contributed by atoms with Gasteiger partial charge < -0.3 is 4.42 Å². The van der Waals surface area contributed by atoms with Crippen molar-refractivity contribution < 1.29 is 4.42 Å². The molecule has 2 nitrogen and oxygen atoms in total. The van der Waals surface area contributed by atoms with E-state index in [0.717, 1.165) is 18.0 Å². The fourth-order valence-electron chi connectivity index (χ4n) is 1.07. The van der Waals surface area contributed by atoms with E-state index in [2.05, 4.69) is 39.6 Å². The van der Waals surface area contributed by atoms with Gasteiger partial charge in [-0.25, -0.2) is 4.98 Å². The molecule has 2 heteroatoms. The molecule has 0 bridgehead atoms. The number of nitrogens with zero attached hydrogens (tertiary/aromatic N) is 1. The molecule has 1 aromatic heterocycles. The highest BCUT2D eigenvalue weighted by atomic mass is 16.3. The second kappa shape index (κ2) is 3.52. The Balaban J connectivity index is 2.87. The van der Waals surface area contributed by atoms with E-state index in [1.807, 2.05) is 0 Å². The van der Waals surface area contributed by atoms with Crippen molar-refractivity contribution in [1.82, 2.24) is 4.98 Å². The van der Waals surface area contributed by atoms with Crippen molar-refractivity contribution in [2.75, 3.05) is 0 Å². The van der Waals surface area contributed by atoms with Gasteiger partial charge in [-0.15, -0.1) is 0 Å². The summed E-state index contributed by atoms with van der Waals surface area (Å²) in [5.74, 6) is 1.34. The van der Waals surface area contributed by atoms with Crippen LogP contribution in [0.5, 0.6) is 0 Å². The molecule has 1 atom stereocenters. The summed E-state index contributed by atoms with van der Waals surface area (Å²) in [4.78, 5) is 4.49. The summed E-state index contributed by atoms with van der Waals surface area (Å²) in [7, 11) is 0. The molecule has 1 aromatic rings. The molecular formula is C11H19NO. The quantitative estimate of drug-likeness (QED) is 0.698. The van der Waals surface area contributed by atoms with Crippen LogP contribution in [0.25, 0.3) is 0 Å². The monoisotopic (exact) mass is 181 g/mol. The summed E-state index contributed by atoms with van der Waals surface area (Å²) >= 11 is 0. The Morgan fingerprint density at radius 3 is 2.46 bits per heavy atom. The van der Waals surface area contributed by atoms with E-state index in [4.69, 9.17) is 4.42 Å². The normalized spacial score (nSPS) is 14.5. The predicted octanol–water partition coefficient (Wildman–Crippen LogP) is 3.49. The van der Waals surface area contributed by atoms with E-state index in [-0.39, 0.29) is 5.41 Å². The lowest BCUT2D eigenvalue weighted by Crippen LogP contribution is -2.11. The van der Waals surface area contributed by atoms with Gasteiger partial charge in [-0.3, -0.25) is 0 Å². The third kappa shape index (κ3) is 2.33. The highest BCUT2D eigenvalue weighted by molar-refractivity contribution is 5.07. The first-order valence-corrected chi connectivity index (χ1v) is 4.91. The molecule has 0 aliphatic carbocycles. The smallest absolute Gasteiger partial charge is 0.199 e. The average Bonchev–Trinajstić information content (AvgIpc) is 2.50. The van der Waals surface area contributed by atoms with E-state index < -0.39 is 0 Å². The SMILES string of the molecule is CCC(C)c1coc(C(C)(C)C)n1. The van der Waals surface area contributed by atoms with Crippen LogP contribution >= 0.6 is 0 Å². The van der Waals surface area contributed by atoms with Crippen molar-refractivity contribution in [2.45, 2.75) is 52.4 Å². The van der Waals surface area contributed by atoms with E-state index in [0.29, 0.717) is 5.92 Å². The van der Waals surface area contributed by atoms with Crippen LogP contribution in [0.2, 0.25) is 0 Å². The van der Waals surface area contributed by atoms with Gasteiger partial charge in [0.2, 0.25) is 0 Å². The minimum Gasteiger partial charge on any atom is -0.448 e. The van der Waals surface area contributed by atoms with Crippen molar-refractivity contribution in [3.8, 4) is 0 Å². The molecule has 0 radical (unpaired) electrons. The van der Waals surface area contributed by atoms with Crippen LogP contribution in [0, 0.1) is 0 Å². The summed E-state index contributed by atoms with van der Waals surface area (Å²) in [5.41, 5.74) is 1.10. The first-order chi connectivity index (χ1) is 5.95. The molecule has 74 valence electrons. The number of oxazole rings is 1. The van der Waals surface area contributed by atoms with Crippen molar-refractivity contribution in [3.05, 3.63) is 17.8 Å². The van der Waals surface area contributed by atoms with Crippen molar-refractivity contribution in [2.24, 2.45) is 0 Å². The molecule has 0 aliphatic rings. The largest absolute Gasteiger partial charge is 0.448 e. The fraction of sp³-hybridized carbons (Fsp3) is 0.727. The molecule has 0 aromatic carbocycles. The summed E-state index contributed by atoms with van der Waals surface area (Å²) in [6.07, 6.45) is 2.89. The summed E-state index contributed by atoms with van der Waals surface area (Å²) in [6.45, 7) is 10.7. The van der Waals surface area contributed by atoms with Gasteiger partial charge in [0, 0.05) is 11.3 Å². The molecular weight excluding hydrogens is 162 g/mol. The molecule has 0 spiro atoms. The Labute approximate surface area is 80.4 Å². The van der Waals surface area contributed by atoms with Crippen molar-refractivity contribution in [1.29, 1.82) is 0 Å². The average molecular weight is 181 g/mol. The van der Waals surface area contributed by atoms with E-state index >= 15 is 0 Å². The lowest BCUT2D eigenvalue weighted by Gasteiger charge is -2.12. The molecule has 0 N–H and O–H groups in total. The van der Waals surface area contributed by atoms with Gasteiger partial charge in [0.25, 0.3) is 0 Å². The zero-order valence-corrected chi connectivity index (χ0v) is 9.22. The molecule has 0 amide bonds.